The van der Waals surface area contributed by atoms with Gasteiger partial charge in [-0.3, -0.25) is 4.57 Å². The Bertz CT molecular complexity index is 1140. The van der Waals surface area contributed by atoms with Crippen molar-refractivity contribution in [2.75, 3.05) is 24.9 Å². The van der Waals surface area contributed by atoms with Gasteiger partial charge in [-0.15, -0.1) is 0 Å². The maximum Gasteiger partial charge on any atom is 0.398 e. The largest absolute Gasteiger partial charge is 0.494 e. The second-order valence-corrected chi connectivity index (χ2v) is 10.5. The number of hydrogen-bond acceptors (Lipinski definition) is 8. The first-order chi connectivity index (χ1) is 15.5. The van der Waals surface area contributed by atoms with Crippen molar-refractivity contribution in [3.63, 3.8) is 0 Å². The van der Waals surface area contributed by atoms with Crippen LogP contribution in [0.2, 0.25) is 0 Å². The molecule has 2 atom stereocenters. The Morgan fingerprint density at radius 1 is 1.27 bits per heavy atom. The minimum absolute atomic E-state index is 0.0243. The van der Waals surface area contributed by atoms with Crippen LogP contribution >= 0.6 is 19.1 Å². The Morgan fingerprint density at radius 3 is 2.61 bits per heavy atom. The molecule has 33 heavy (non-hydrogen) atoms. The molecule has 0 radical (unpaired) electrons. The number of halogens is 3. The quantitative estimate of drug-likeness (QED) is 0.309. The molecule has 1 aromatic carbocycles. The summed E-state index contributed by atoms with van der Waals surface area (Å²) in [7, 11) is -4.50. The minimum atomic E-state index is -4.75. The van der Waals surface area contributed by atoms with Gasteiger partial charge in [-0.1, -0.05) is 11.8 Å². The van der Waals surface area contributed by atoms with E-state index in [1.807, 2.05) is 31.2 Å². The molecular weight excluding hydrogens is 482 g/mol. The van der Waals surface area contributed by atoms with E-state index < -0.39 is 32.2 Å². The Hall–Kier alpha value is -2.34. The minimum Gasteiger partial charge on any atom is -0.494 e. The van der Waals surface area contributed by atoms with Crippen LogP contribution in [-0.4, -0.2) is 55.8 Å². The zero-order valence-corrected chi connectivity index (χ0v) is 19.5. The molecule has 0 amide bonds. The highest BCUT2D eigenvalue weighted by Gasteiger charge is 2.38. The third kappa shape index (κ3) is 7.32. The number of ether oxygens (including phenoxy) is 2. The second-order valence-electron chi connectivity index (χ2n) is 7.19. The van der Waals surface area contributed by atoms with Crippen LogP contribution in [0.1, 0.15) is 13.8 Å². The van der Waals surface area contributed by atoms with Crippen molar-refractivity contribution in [3.8, 4) is 5.75 Å². The van der Waals surface area contributed by atoms with E-state index in [-0.39, 0.29) is 12.5 Å². The number of imidazole rings is 1. The van der Waals surface area contributed by atoms with Gasteiger partial charge in [-0.2, -0.15) is 18.2 Å². The molecule has 9 nitrogen and oxygen atoms in total. The summed E-state index contributed by atoms with van der Waals surface area (Å²) >= 11 is 1.34. The summed E-state index contributed by atoms with van der Waals surface area (Å²) in [5.74, 6) is 0.770. The van der Waals surface area contributed by atoms with E-state index in [1.54, 1.807) is 11.5 Å². The monoisotopic (exact) mass is 505 g/mol. The van der Waals surface area contributed by atoms with E-state index in [1.165, 1.54) is 18.1 Å². The van der Waals surface area contributed by atoms with Crippen molar-refractivity contribution >= 4 is 36.2 Å². The highest BCUT2D eigenvalue weighted by molar-refractivity contribution is 7.99. The van der Waals surface area contributed by atoms with Crippen molar-refractivity contribution in [3.05, 3.63) is 30.6 Å². The molecule has 3 aromatic rings. The molecule has 3 rings (SSSR count). The molecule has 0 bridgehead atoms. The summed E-state index contributed by atoms with van der Waals surface area (Å²) in [6.07, 6.45) is -6.65. The average molecular weight is 505 g/mol. The highest BCUT2D eigenvalue weighted by atomic mass is 32.2. The van der Waals surface area contributed by atoms with Gasteiger partial charge in [-0.05, 0) is 38.1 Å². The number of nitrogens with zero attached hydrogens (tertiary/aromatic N) is 4. The van der Waals surface area contributed by atoms with Gasteiger partial charge in [0, 0.05) is 4.90 Å². The first-order valence-corrected chi connectivity index (χ1v) is 12.7. The van der Waals surface area contributed by atoms with Gasteiger partial charge in [0.15, 0.2) is 5.65 Å². The maximum absolute atomic E-state index is 12.4. The molecule has 0 fully saturated rings. The fourth-order valence-corrected chi connectivity index (χ4v) is 4.93. The van der Waals surface area contributed by atoms with Crippen LogP contribution in [-0.2, 0) is 15.8 Å². The third-order valence-electron chi connectivity index (χ3n) is 4.24. The molecule has 180 valence electrons. The standard InChI is InChI=1S/C19H23F3N5O4PS/c1-3-30-13-4-6-14(7-5-13)33-17-15-16(25-18(23)26-17)27(10-24-15)8-12(2)31-11-32(28,29)9-19(20,21)22/h4-7,10,12H,3,8-9,11H2,1-2H3,(H,28,29)(H2,23,25,26). The Kier molecular flexibility index (Phi) is 7.88. The summed E-state index contributed by atoms with van der Waals surface area (Å²) in [6.45, 7) is 4.16. The molecule has 0 aliphatic carbocycles. The fourth-order valence-electron chi connectivity index (χ4n) is 2.92. The predicted molar refractivity (Wildman–Crippen MR) is 118 cm³/mol. The summed E-state index contributed by atoms with van der Waals surface area (Å²) in [4.78, 5) is 23.2. The number of anilines is 1. The Morgan fingerprint density at radius 2 is 1.97 bits per heavy atom. The van der Waals surface area contributed by atoms with E-state index in [0.29, 0.717) is 22.8 Å². The van der Waals surface area contributed by atoms with Gasteiger partial charge in [-0.25, -0.2) is 9.97 Å². The van der Waals surface area contributed by atoms with Crippen LogP contribution in [0.4, 0.5) is 19.1 Å². The topological polar surface area (TPSA) is 125 Å². The normalized spacial score (nSPS) is 14.8. The van der Waals surface area contributed by atoms with E-state index >= 15 is 0 Å². The molecule has 3 N–H and O–H groups in total. The zero-order chi connectivity index (χ0) is 24.2. The Labute approximate surface area is 192 Å². The van der Waals surface area contributed by atoms with Gasteiger partial charge in [0.1, 0.15) is 28.8 Å². The van der Waals surface area contributed by atoms with Gasteiger partial charge < -0.3 is 24.7 Å². The van der Waals surface area contributed by atoms with E-state index in [9.17, 15) is 22.6 Å². The van der Waals surface area contributed by atoms with Crippen molar-refractivity contribution in [2.24, 2.45) is 0 Å². The molecule has 2 aromatic heterocycles. The van der Waals surface area contributed by atoms with Gasteiger partial charge >= 0.3 is 6.18 Å². The van der Waals surface area contributed by atoms with Crippen LogP contribution in [0.5, 0.6) is 5.75 Å². The molecule has 0 aliphatic rings. The molecule has 0 saturated carbocycles. The number of benzene rings is 1. The molecule has 2 heterocycles. The van der Waals surface area contributed by atoms with Crippen LogP contribution in [0.3, 0.4) is 0 Å². The van der Waals surface area contributed by atoms with E-state index in [2.05, 4.69) is 15.0 Å². The summed E-state index contributed by atoms with van der Waals surface area (Å²) in [6, 6.07) is 7.43. The number of fused-ring (bicyclic) bond motifs is 1. The molecule has 0 spiro atoms. The van der Waals surface area contributed by atoms with Crippen molar-refractivity contribution < 1.29 is 32.1 Å². The smallest absolute Gasteiger partial charge is 0.398 e. The highest BCUT2D eigenvalue weighted by Crippen LogP contribution is 2.45. The molecule has 0 saturated heterocycles. The molecule has 2 unspecified atom stereocenters. The summed E-state index contributed by atoms with van der Waals surface area (Å²) in [5, 5.41) is 0.527. The lowest BCUT2D eigenvalue weighted by atomic mass is 10.3. The lowest BCUT2D eigenvalue weighted by Gasteiger charge is -2.18. The maximum atomic E-state index is 12.4. The van der Waals surface area contributed by atoms with Crippen molar-refractivity contribution in [1.29, 1.82) is 0 Å². The summed E-state index contributed by atoms with van der Waals surface area (Å²) < 4.78 is 61.2. The molecular formula is C19H23F3N5O4PS. The molecule has 0 aliphatic heterocycles. The van der Waals surface area contributed by atoms with Crippen LogP contribution in [0.15, 0.2) is 40.5 Å². The lowest BCUT2D eigenvalue weighted by molar-refractivity contribution is -0.108. The molecule has 14 heteroatoms. The Balaban J connectivity index is 1.72. The summed E-state index contributed by atoms with van der Waals surface area (Å²) in [5.41, 5.74) is 6.77. The predicted octanol–water partition coefficient (Wildman–Crippen LogP) is 4.15. The van der Waals surface area contributed by atoms with Crippen LogP contribution < -0.4 is 10.5 Å². The van der Waals surface area contributed by atoms with Crippen LogP contribution in [0, 0.1) is 0 Å². The number of hydrogen-bond donors (Lipinski definition) is 2. The van der Waals surface area contributed by atoms with Gasteiger partial charge in [0.25, 0.3) is 0 Å². The first-order valence-electron chi connectivity index (χ1n) is 9.84. The lowest BCUT2D eigenvalue weighted by Crippen LogP contribution is -2.20. The van der Waals surface area contributed by atoms with Crippen molar-refractivity contribution in [1.82, 2.24) is 19.5 Å². The number of aromatic nitrogens is 4. The van der Waals surface area contributed by atoms with Crippen molar-refractivity contribution in [2.45, 2.75) is 42.6 Å². The van der Waals surface area contributed by atoms with Gasteiger partial charge in [0.05, 0.1) is 25.6 Å². The van der Waals surface area contributed by atoms with Crippen LogP contribution in [0.25, 0.3) is 11.2 Å². The zero-order valence-electron chi connectivity index (χ0n) is 17.8. The SMILES string of the molecule is CCOc1ccc(Sc2nc(N)nc3c2ncn3CC(C)OCP(=O)(O)CC(F)(F)F)cc1. The average Bonchev–Trinajstić information content (AvgIpc) is 3.09. The second kappa shape index (κ2) is 10.3. The third-order valence-corrected chi connectivity index (χ3v) is 6.63. The van der Waals surface area contributed by atoms with E-state index in [0.717, 1.165) is 10.6 Å². The number of nitrogen functional groups attached to an aromatic ring is 1. The number of alkyl halides is 3. The van der Waals surface area contributed by atoms with Gasteiger partial charge in [0.2, 0.25) is 13.3 Å². The number of nitrogens with two attached hydrogens (primary N) is 1. The number of rotatable bonds is 10. The van der Waals surface area contributed by atoms with E-state index in [4.69, 9.17) is 15.2 Å². The fraction of sp³-hybridized carbons (Fsp3) is 0.421. The first kappa shape index (κ1) is 25.3.